The molecular weight excluding hydrogens is 486 g/mol. The Morgan fingerprint density at radius 3 is 2.47 bits per heavy atom. The molecule has 0 unspecified atom stereocenters. The van der Waals surface area contributed by atoms with Gasteiger partial charge in [-0.3, -0.25) is 14.9 Å². The van der Waals surface area contributed by atoms with Crippen LogP contribution in [0.4, 0.5) is 0 Å². The number of para-hydroxylation sites is 1. The van der Waals surface area contributed by atoms with Crippen LogP contribution in [0.2, 0.25) is 0 Å². The molecule has 0 saturated carbocycles. The van der Waals surface area contributed by atoms with Crippen molar-refractivity contribution in [2.75, 3.05) is 32.8 Å². The molecule has 0 spiro atoms. The lowest BCUT2D eigenvalue weighted by molar-refractivity contribution is -0.136. The highest BCUT2D eigenvalue weighted by molar-refractivity contribution is 7.89. The fourth-order valence-electron chi connectivity index (χ4n) is 4.23. The Morgan fingerprint density at radius 1 is 1.11 bits per heavy atom. The Labute approximate surface area is 210 Å². The molecule has 0 bridgehead atoms. The molecule has 10 nitrogen and oxygen atoms in total. The molecule has 1 saturated heterocycles. The van der Waals surface area contributed by atoms with Gasteiger partial charge in [-0.2, -0.15) is 0 Å². The smallest absolute Gasteiger partial charge is 0.262 e. The second-order valence-electron chi connectivity index (χ2n) is 8.85. The van der Waals surface area contributed by atoms with Crippen LogP contribution in [0.25, 0.3) is 11.0 Å². The normalized spacial score (nSPS) is 15.8. The van der Waals surface area contributed by atoms with Crippen LogP contribution in [-0.4, -0.2) is 63.3 Å². The van der Waals surface area contributed by atoms with Crippen LogP contribution < -0.4 is 14.9 Å². The lowest BCUT2D eigenvalue weighted by Gasteiger charge is -2.32. The predicted octanol–water partition coefficient (Wildman–Crippen LogP) is 2.62. The van der Waals surface area contributed by atoms with Crippen LogP contribution in [0.1, 0.15) is 31.1 Å². The van der Waals surface area contributed by atoms with Crippen LogP contribution in [-0.2, 0) is 26.2 Å². The molecule has 11 heteroatoms. The first-order chi connectivity index (χ1) is 17.3. The van der Waals surface area contributed by atoms with Crippen molar-refractivity contribution >= 4 is 26.9 Å². The number of fused-ring (bicyclic) bond motifs is 1. The Hall–Kier alpha value is -2.96. The first-order valence-corrected chi connectivity index (χ1v) is 13.3. The van der Waals surface area contributed by atoms with E-state index in [-0.39, 0.29) is 24.0 Å². The number of carbonyl (C=O) groups excluding carboxylic acids is 1. The highest BCUT2D eigenvalue weighted by Gasteiger charge is 2.29. The van der Waals surface area contributed by atoms with E-state index in [0.717, 1.165) is 22.3 Å². The third-order valence-electron chi connectivity index (χ3n) is 6.14. The largest absolute Gasteiger partial charge is 0.489 e. The van der Waals surface area contributed by atoms with Gasteiger partial charge in [0.05, 0.1) is 18.1 Å². The van der Waals surface area contributed by atoms with Gasteiger partial charge in [0.25, 0.3) is 5.91 Å². The van der Waals surface area contributed by atoms with E-state index < -0.39 is 22.0 Å². The van der Waals surface area contributed by atoms with Gasteiger partial charge in [-0.15, -0.1) is 0 Å². The lowest BCUT2D eigenvalue weighted by atomic mass is 10.0. The number of hydroxylamine groups is 1. The Morgan fingerprint density at radius 2 is 1.81 bits per heavy atom. The quantitative estimate of drug-likeness (QED) is 0.276. The third kappa shape index (κ3) is 5.88. The van der Waals surface area contributed by atoms with Crippen molar-refractivity contribution in [3.8, 4) is 5.75 Å². The van der Waals surface area contributed by atoms with Crippen LogP contribution in [0.5, 0.6) is 5.75 Å². The summed E-state index contributed by atoms with van der Waals surface area (Å²) in [5, 5.41) is 10.1. The molecule has 36 heavy (non-hydrogen) atoms. The number of morpholine rings is 1. The first-order valence-electron chi connectivity index (χ1n) is 11.8. The van der Waals surface area contributed by atoms with Gasteiger partial charge in [0.2, 0.25) is 10.0 Å². The standard InChI is InChI=1S/C25H31N3O7S/c1-17(2)24-21(20-5-3-4-6-23(20)35-24)16-34-18-7-9-19(10-8-18)36(31,32)26-15-22(25(29)27-30)28-11-13-33-14-12-28/h3-10,17,22,26,30H,11-16H2,1-2H3,(H,27,29)/t22-/m0/s1. The number of nitrogens with zero attached hydrogens (tertiary/aromatic N) is 1. The third-order valence-corrected chi connectivity index (χ3v) is 7.58. The van der Waals surface area contributed by atoms with Gasteiger partial charge in [-0.1, -0.05) is 32.0 Å². The molecule has 1 amide bonds. The van der Waals surface area contributed by atoms with Gasteiger partial charge in [-0.25, -0.2) is 18.6 Å². The molecule has 1 aliphatic rings. The van der Waals surface area contributed by atoms with E-state index in [0.29, 0.717) is 32.1 Å². The highest BCUT2D eigenvalue weighted by atomic mass is 32.2. The summed E-state index contributed by atoms with van der Waals surface area (Å²) in [4.78, 5) is 13.9. The van der Waals surface area contributed by atoms with E-state index in [1.54, 1.807) is 22.5 Å². The topological polar surface area (TPSA) is 130 Å². The minimum absolute atomic E-state index is 0.0385. The number of carbonyl (C=O) groups is 1. The monoisotopic (exact) mass is 517 g/mol. The molecule has 3 aromatic rings. The molecular formula is C25H31N3O7S. The number of benzene rings is 2. The molecule has 2 aromatic carbocycles. The van der Waals surface area contributed by atoms with Crippen molar-refractivity contribution in [1.29, 1.82) is 0 Å². The average Bonchev–Trinajstić information content (AvgIpc) is 3.27. The SMILES string of the molecule is CC(C)c1oc2ccccc2c1COc1ccc(S(=O)(=O)NC[C@@H](C(=O)NO)N2CCOCC2)cc1. The second-order valence-corrected chi connectivity index (χ2v) is 10.6. The molecule has 3 N–H and O–H groups in total. The minimum Gasteiger partial charge on any atom is -0.489 e. The Balaban J connectivity index is 1.42. The molecule has 1 fully saturated rings. The van der Waals surface area contributed by atoms with E-state index in [4.69, 9.17) is 19.1 Å². The molecule has 4 rings (SSSR count). The van der Waals surface area contributed by atoms with Crippen LogP contribution in [0.15, 0.2) is 57.8 Å². The maximum Gasteiger partial charge on any atom is 0.262 e. The van der Waals surface area contributed by atoms with E-state index in [1.807, 2.05) is 24.3 Å². The zero-order chi connectivity index (χ0) is 25.7. The molecule has 1 aromatic heterocycles. The predicted molar refractivity (Wildman–Crippen MR) is 132 cm³/mol. The summed E-state index contributed by atoms with van der Waals surface area (Å²) in [5.74, 6) is 0.876. The van der Waals surface area contributed by atoms with E-state index >= 15 is 0 Å². The van der Waals surface area contributed by atoms with E-state index in [2.05, 4.69) is 18.6 Å². The molecule has 2 heterocycles. The second kappa shape index (κ2) is 11.4. The van der Waals surface area contributed by atoms with Crippen LogP contribution >= 0.6 is 0 Å². The number of hydrogen-bond acceptors (Lipinski definition) is 8. The molecule has 1 aliphatic heterocycles. The number of sulfonamides is 1. The fourth-order valence-corrected chi connectivity index (χ4v) is 5.27. The highest BCUT2D eigenvalue weighted by Crippen LogP contribution is 2.32. The lowest BCUT2D eigenvalue weighted by Crippen LogP contribution is -2.55. The van der Waals surface area contributed by atoms with Gasteiger partial charge in [-0.05, 0) is 30.3 Å². The van der Waals surface area contributed by atoms with Crippen molar-refractivity contribution in [2.24, 2.45) is 0 Å². The first kappa shape index (κ1) is 26.1. The zero-order valence-electron chi connectivity index (χ0n) is 20.3. The van der Waals surface area contributed by atoms with Gasteiger partial charge in [0.1, 0.15) is 29.7 Å². The average molecular weight is 518 g/mol. The van der Waals surface area contributed by atoms with Crippen LogP contribution in [0.3, 0.4) is 0 Å². The zero-order valence-corrected chi connectivity index (χ0v) is 21.1. The van der Waals surface area contributed by atoms with Crippen molar-refractivity contribution in [3.63, 3.8) is 0 Å². The summed E-state index contributed by atoms with van der Waals surface area (Å²) in [6.07, 6.45) is 0. The summed E-state index contributed by atoms with van der Waals surface area (Å²) in [5.41, 5.74) is 3.38. The summed E-state index contributed by atoms with van der Waals surface area (Å²) in [7, 11) is -3.90. The summed E-state index contributed by atoms with van der Waals surface area (Å²) < 4.78 is 45.4. The molecule has 0 aliphatic carbocycles. The molecule has 0 radical (unpaired) electrons. The summed E-state index contributed by atoms with van der Waals surface area (Å²) in [6.45, 7) is 5.97. The number of amides is 1. The van der Waals surface area contributed by atoms with Crippen LogP contribution in [0, 0.1) is 0 Å². The number of hydrogen-bond donors (Lipinski definition) is 3. The summed E-state index contributed by atoms with van der Waals surface area (Å²) >= 11 is 0. The number of furan rings is 1. The number of rotatable bonds is 10. The van der Waals surface area contributed by atoms with Gasteiger partial charge < -0.3 is 13.9 Å². The molecule has 1 atom stereocenters. The maximum absolute atomic E-state index is 12.9. The van der Waals surface area contributed by atoms with E-state index in [1.165, 1.54) is 12.1 Å². The van der Waals surface area contributed by atoms with Crippen molar-refractivity contribution in [2.45, 2.75) is 37.3 Å². The molecule has 194 valence electrons. The minimum atomic E-state index is -3.90. The maximum atomic E-state index is 12.9. The number of nitrogens with one attached hydrogen (secondary N) is 2. The number of ether oxygens (including phenoxy) is 2. The Bertz CT molecular complexity index is 1280. The van der Waals surface area contributed by atoms with Gasteiger partial charge in [0.15, 0.2) is 0 Å². The van der Waals surface area contributed by atoms with E-state index in [9.17, 15) is 13.2 Å². The summed E-state index contributed by atoms with van der Waals surface area (Å²) in [6, 6.07) is 13.0. The van der Waals surface area contributed by atoms with Crippen molar-refractivity contribution in [3.05, 3.63) is 59.9 Å². The van der Waals surface area contributed by atoms with Gasteiger partial charge in [0, 0.05) is 36.5 Å². The van der Waals surface area contributed by atoms with Gasteiger partial charge >= 0.3 is 0 Å². The van der Waals surface area contributed by atoms with Crippen molar-refractivity contribution < 1.29 is 32.3 Å². The fraction of sp³-hybridized carbons (Fsp3) is 0.400. The van der Waals surface area contributed by atoms with Crippen molar-refractivity contribution in [1.82, 2.24) is 15.1 Å². The Kier molecular flexibility index (Phi) is 8.27.